The first-order valence-corrected chi connectivity index (χ1v) is 15.8. The molecule has 214 valence electrons. The minimum atomic E-state index is -3.57. The SMILES string of the molecule is C=CCC[C@@H](C)S(=O)(=O)C1Cc2ccccc2C12COc1ccc(C(N)=O)cc1N(C[C@@H]1CC[C@H]1[C@@H](O)C=C)C2. The Bertz CT molecular complexity index is 1410. The lowest BCUT2D eigenvalue weighted by Crippen LogP contribution is -2.55. The second kappa shape index (κ2) is 11.1. The Morgan fingerprint density at radius 1 is 1.25 bits per heavy atom. The molecule has 2 aliphatic carbocycles. The Hall–Kier alpha value is -3.10. The van der Waals surface area contributed by atoms with Gasteiger partial charge in [-0.1, -0.05) is 36.4 Å². The van der Waals surface area contributed by atoms with E-state index in [9.17, 15) is 18.3 Å². The number of benzene rings is 2. The molecule has 1 spiro atoms. The maximum atomic E-state index is 14.3. The fourth-order valence-corrected chi connectivity index (χ4v) is 9.28. The molecule has 0 saturated heterocycles. The largest absolute Gasteiger partial charge is 0.490 e. The summed E-state index contributed by atoms with van der Waals surface area (Å²) < 4.78 is 35.0. The third-order valence-electron chi connectivity index (χ3n) is 9.46. The van der Waals surface area contributed by atoms with E-state index in [1.54, 1.807) is 37.3 Å². The molecule has 40 heavy (non-hydrogen) atoms. The molecule has 8 heteroatoms. The normalized spacial score (nSPS) is 26.9. The van der Waals surface area contributed by atoms with Crippen LogP contribution in [0.1, 0.15) is 54.1 Å². The molecule has 3 N–H and O–H groups in total. The number of fused-ring (bicyclic) bond motifs is 3. The standard InChI is InChI=1S/C32H40N2O5S/c1-4-6-9-21(3)40(37,38)30-17-22-10-7-8-11-26(22)32(30)19-34(18-24-12-14-25(24)28(35)5-2)27-16-23(31(33)36)13-15-29(27)39-20-32/h4-5,7-8,10-11,13,15-16,21,24-25,28,30,35H,1-2,6,9,12,14,17-20H2,3H3,(H2,33,36)/t21-,24+,25-,28+,30?,32?/m1/s1. The first-order valence-electron chi connectivity index (χ1n) is 14.2. The zero-order chi connectivity index (χ0) is 28.7. The van der Waals surface area contributed by atoms with Crippen LogP contribution >= 0.6 is 0 Å². The van der Waals surface area contributed by atoms with Gasteiger partial charge in [0.05, 0.1) is 27.7 Å². The number of primary amides is 1. The molecule has 1 heterocycles. The lowest BCUT2D eigenvalue weighted by atomic mass is 9.70. The van der Waals surface area contributed by atoms with Gasteiger partial charge in [-0.15, -0.1) is 13.2 Å². The van der Waals surface area contributed by atoms with Crippen LogP contribution in [0.25, 0.3) is 0 Å². The predicted molar refractivity (Wildman–Crippen MR) is 159 cm³/mol. The quantitative estimate of drug-likeness (QED) is 0.419. The minimum absolute atomic E-state index is 0.0784. The van der Waals surface area contributed by atoms with Crippen LogP contribution in [-0.2, 0) is 21.7 Å². The molecule has 1 aliphatic heterocycles. The van der Waals surface area contributed by atoms with Crippen LogP contribution in [0.3, 0.4) is 0 Å². The Morgan fingerprint density at radius 3 is 2.70 bits per heavy atom. The van der Waals surface area contributed by atoms with Crippen LogP contribution in [0.2, 0.25) is 0 Å². The number of aliphatic hydroxyl groups is 1. The number of ether oxygens (including phenoxy) is 1. The van der Waals surface area contributed by atoms with Crippen molar-refractivity contribution in [1.29, 1.82) is 0 Å². The summed E-state index contributed by atoms with van der Waals surface area (Å²) in [5.41, 5.74) is 7.96. The van der Waals surface area contributed by atoms with Crippen molar-refractivity contribution >= 4 is 21.4 Å². The summed E-state index contributed by atoms with van der Waals surface area (Å²) in [7, 11) is -3.57. The van der Waals surface area contributed by atoms with Gasteiger partial charge in [0, 0.05) is 18.7 Å². The highest BCUT2D eigenvalue weighted by molar-refractivity contribution is 7.92. The van der Waals surface area contributed by atoms with E-state index in [4.69, 9.17) is 10.5 Å². The second-order valence-corrected chi connectivity index (χ2v) is 14.3. The number of sulfone groups is 1. The maximum Gasteiger partial charge on any atom is 0.248 e. The van der Waals surface area contributed by atoms with Gasteiger partial charge < -0.3 is 20.5 Å². The zero-order valence-electron chi connectivity index (χ0n) is 23.2. The van der Waals surface area contributed by atoms with Crippen LogP contribution in [0.4, 0.5) is 5.69 Å². The van der Waals surface area contributed by atoms with E-state index in [-0.39, 0.29) is 18.4 Å². The van der Waals surface area contributed by atoms with Crippen molar-refractivity contribution in [1.82, 2.24) is 0 Å². The fourth-order valence-electron chi connectivity index (χ4n) is 6.95. The molecule has 1 saturated carbocycles. The number of amides is 1. The lowest BCUT2D eigenvalue weighted by molar-refractivity contribution is 0.0461. The van der Waals surface area contributed by atoms with Crippen molar-refractivity contribution in [3.05, 3.63) is 84.5 Å². The van der Waals surface area contributed by atoms with E-state index in [1.165, 1.54) is 0 Å². The first-order chi connectivity index (χ1) is 19.1. The highest BCUT2D eigenvalue weighted by Gasteiger charge is 2.56. The van der Waals surface area contributed by atoms with Crippen LogP contribution in [0, 0.1) is 11.8 Å². The molecular formula is C32H40N2O5S. The van der Waals surface area contributed by atoms with E-state index in [1.807, 2.05) is 24.3 Å². The Balaban J connectivity index is 1.61. The molecule has 5 rings (SSSR count). The number of rotatable bonds is 10. The van der Waals surface area contributed by atoms with E-state index >= 15 is 0 Å². The second-order valence-electron chi connectivity index (χ2n) is 11.7. The third kappa shape index (κ3) is 4.85. The molecule has 1 amide bonds. The van der Waals surface area contributed by atoms with E-state index in [0.29, 0.717) is 43.7 Å². The van der Waals surface area contributed by atoms with E-state index in [0.717, 1.165) is 29.7 Å². The molecule has 1 fully saturated rings. The third-order valence-corrected chi connectivity index (χ3v) is 12.2. The van der Waals surface area contributed by atoms with Crippen LogP contribution in [0.15, 0.2) is 67.8 Å². The van der Waals surface area contributed by atoms with Gasteiger partial charge in [0.15, 0.2) is 9.84 Å². The summed E-state index contributed by atoms with van der Waals surface area (Å²) in [5.74, 6) is 0.330. The number of hydrogen-bond donors (Lipinski definition) is 2. The molecule has 0 radical (unpaired) electrons. The van der Waals surface area contributed by atoms with E-state index in [2.05, 4.69) is 18.1 Å². The molecule has 2 aromatic carbocycles. The Morgan fingerprint density at radius 2 is 2.02 bits per heavy atom. The number of hydrogen-bond acceptors (Lipinski definition) is 6. The topological polar surface area (TPSA) is 110 Å². The highest BCUT2D eigenvalue weighted by Crippen LogP contribution is 2.49. The summed E-state index contributed by atoms with van der Waals surface area (Å²) in [5, 5.41) is 9.36. The minimum Gasteiger partial charge on any atom is -0.490 e. The van der Waals surface area contributed by atoms with E-state index < -0.39 is 37.8 Å². The Labute approximate surface area is 237 Å². The molecule has 0 bridgehead atoms. The molecule has 7 nitrogen and oxygen atoms in total. The number of aliphatic hydroxyl groups excluding tert-OH is 1. The van der Waals surface area contributed by atoms with Crippen molar-refractivity contribution < 1.29 is 23.1 Å². The summed E-state index contributed by atoms with van der Waals surface area (Å²) in [4.78, 5) is 14.3. The number of nitrogens with zero attached hydrogens (tertiary/aromatic N) is 1. The summed E-state index contributed by atoms with van der Waals surface area (Å²) in [6, 6.07) is 13.2. The highest BCUT2D eigenvalue weighted by atomic mass is 32.2. The van der Waals surface area contributed by atoms with Gasteiger partial charge in [-0.3, -0.25) is 4.79 Å². The monoisotopic (exact) mass is 564 g/mol. The number of anilines is 1. The number of allylic oxidation sites excluding steroid dienone is 1. The molecule has 0 aromatic heterocycles. The van der Waals surface area contributed by atoms with Gasteiger partial charge in [0.25, 0.3) is 0 Å². The average Bonchev–Trinajstić information content (AvgIpc) is 3.16. The fraction of sp³-hybridized carbons (Fsp3) is 0.469. The smallest absolute Gasteiger partial charge is 0.248 e. The van der Waals surface area contributed by atoms with Crippen molar-refractivity contribution in [2.24, 2.45) is 17.6 Å². The Kier molecular flexibility index (Phi) is 7.86. The molecule has 6 atom stereocenters. The van der Waals surface area contributed by atoms with Crippen molar-refractivity contribution in [2.45, 2.75) is 61.0 Å². The predicted octanol–water partition coefficient (Wildman–Crippen LogP) is 4.19. The summed E-state index contributed by atoms with van der Waals surface area (Å²) >= 11 is 0. The van der Waals surface area contributed by atoms with Crippen molar-refractivity contribution in [2.75, 3.05) is 24.6 Å². The van der Waals surface area contributed by atoms with Gasteiger partial charge in [0.1, 0.15) is 12.4 Å². The molecular weight excluding hydrogens is 524 g/mol. The van der Waals surface area contributed by atoms with Gasteiger partial charge in [0.2, 0.25) is 5.91 Å². The summed E-state index contributed by atoms with van der Waals surface area (Å²) in [6.45, 7) is 10.6. The number of carbonyl (C=O) groups is 1. The molecule has 3 aliphatic rings. The van der Waals surface area contributed by atoms with Crippen LogP contribution in [-0.4, -0.2) is 55.7 Å². The number of carbonyl (C=O) groups excluding carboxylic acids is 1. The lowest BCUT2D eigenvalue weighted by Gasteiger charge is -2.44. The zero-order valence-corrected chi connectivity index (χ0v) is 24.0. The van der Waals surface area contributed by atoms with Gasteiger partial charge in [-0.25, -0.2) is 8.42 Å². The number of nitrogens with two attached hydrogens (primary N) is 1. The average molecular weight is 565 g/mol. The van der Waals surface area contributed by atoms with Crippen LogP contribution in [0.5, 0.6) is 5.75 Å². The maximum absolute atomic E-state index is 14.3. The van der Waals surface area contributed by atoms with Gasteiger partial charge in [-0.2, -0.15) is 0 Å². The molecule has 2 aromatic rings. The van der Waals surface area contributed by atoms with Crippen molar-refractivity contribution in [3.63, 3.8) is 0 Å². The first kappa shape index (κ1) is 28.4. The van der Waals surface area contributed by atoms with Crippen LogP contribution < -0.4 is 15.4 Å². The summed E-state index contributed by atoms with van der Waals surface area (Å²) in [6.07, 6.45) is 6.18. The van der Waals surface area contributed by atoms with Crippen molar-refractivity contribution in [3.8, 4) is 5.75 Å². The molecule has 2 unspecified atom stereocenters. The van der Waals surface area contributed by atoms with Gasteiger partial charge >= 0.3 is 0 Å². The van der Waals surface area contributed by atoms with Gasteiger partial charge in [-0.05, 0) is 80.2 Å².